The molecule has 0 aliphatic rings. The van der Waals surface area contributed by atoms with Crippen LogP contribution in [0.3, 0.4) is 0 Å². The molecule has 5 heteroatoms. The number of nitrogens with zero attached hydrogens (tertiary/aromatic N) is 3. The van der Waals surface area contributed by atoms with Crippen molar-refractivity contribution in [2.45, 2.75) is 6.61 Å². The summed E-state index contributed by atoms with van der Waals surface area (Å²) in [4.78, 5) is 8.45. The molecule has 2 aromatic rings. The van der Waals surface area contributed by atoms with Crippen molar-refractivity contribution >= 4 is 15.9 Å². The number of aromatic nitrogens is 3. The van der Waals surface area contributed by atoms with E-state index in [-0.39, 0.29) is 6.61 Å². The Morgan fingerprint density at radius 3 is 2.80 bits per heavy atom. The van der Waals surface area contributed by atoms with E-state index >= 15 is 0 Å². The van der Waals surface area contributed by atoms with E-state index in [1.807, 2.05) is 19.2 Å². The molecule has 0 aliphatic heterocycles. The Labute approximate surface area is 95.7 Å². The molecule has 2 rings (SSSR count). The van der Waals surface area contributed by atoms with E-state index in [4.69, 9.17) is 0 Å². The van der Waals surface area contributed by atoms with Gasteiger partial charge in [-0.15, -0.1) is 0 Å². The summed E-state index contributed by atoms with van der Waals surface area (Å²) in [5.74, 6) is 0. The molecule has 0 unspecified atom stereocenters. The molecular weight excluding hydrogens is 258 g/mol. The summed E-state index contributed by atoms with van der Waals surface area (Å²) in [6.45, 7) is -0.0381. The molecule has 0 saturated heterocycles. The van der Waals surface area contributed by atoms with E-state index in [2.05, 4.69) is 25.9 Å². The largest absolute Gasteiger partial charge is 0.390 e. The standard InChI is InChI=1S/C10H10BrN3O/c1-14-6-13-10(9(14)5-15)8-3-2-7(11)4-12-8/h2-4,6,15H,5H2,1H3. The fourth-order valence-electron chi connectivity index (χ4n) is 1.37. The van der Waals surface area contributed by atoms with E-state index in [1.54, 1.807) is 17.1 Å². The molecule has 0 radical (unpaired) electrons. The Bertz CT molecular complexity index is 464. The maximum atomic E-state index is 9.21. The maximum absolute atomic E-state index is 9.21. The number of aryl methyl sites for hydroxylation is 1. The lowest BCUT2D eigenvalue weighted by atomic mass is 10.2. The number of hydrogen-bond donors (Lipinski definition) is 1. The molecule has 0 aliphatic carbocycles. The minimum absolute atomic E-state index is 0.0381. The maximum Gasteiger partial charge on any atom is 0.112 e. The first-order valence-corrected chi connectivity index (χ1v) is 5.24. The minimum Gasteiger partial charge on any atom is -0.390 e. The molecular formula is C10H10BrN3O. The van der Waals surface area contributed by atoms with E-state index in [9.17, 15) is 5.11 Å². The number of rotatable bonds is 2. The van der Waals surface area contributed by atoms with E-state index in [0.29, 0.717) is 0 Å². The zero-order chi connectivity index (χ0) is 10.8. The minimum atomic E-state index is -0.0381. The van der Waals surface area contributed by atoms with E-state index < -0.39 is 0 Å². The Hall–Kier alpha value is -1.20. The van der Waals surface area contributed by atoms with Crippen molar-refractivity contribution in [2.75, 3.05) is 0 Å². The van der Waals surface area contributed by atoms with Crippen LogP contribution in [-0.2, 0) is 13.7 Å². The molecule has 78 valence electrons. The second kappa shape index (κ2) is 4.12. The van der Waals surface area contributed by atoms with Crippen molar-refractivity contribution in [3.63, 3.8) is 0 Å². The van der Waals surface area contributed by atoms with Crippen molar-refractivity contribution < 1.29 is 5.11 Å². The fourth-order valence-corrected chi connectivity index (χ4v) is 1.61. The lowest BCUT2D eigenvalue weighted by molar-refractivity contribution is 0.273. The summed E-state index contributed by atoms with van der Waals surface area (Å²) in [6, 6.07) is 3.77. The normalized spacial score (nSPS) is 10.6. The summed E-state index contributed by atoms with van der Waals surface area (Å²) >= 11 is 3.32. The average Bonchev–Trinajstić information content (AvgIpc) is 2.61. The van der Waals surface area contributed by atoms with Crippen LogP contribution in [-0.4, -0.2) is 19.6 Å². The fraction of sp³-hybridized carbons (Fsp3) is 0.200. The van der Waals surface area contributed by atoms with Crippen LogP contribution in [0, 0.1) is 0 Å². The third-order valence-electron chi connectivity index (χ3n) is 2.18. The van der Waals surface area contributed by atoms with Crippen LogP contribution in [0.15, 0.2) is 29.1 Å². The topological polar surface area (TPSA) is 50.9 Å². The number of pyridine rings is 1. The highest BCUT2D eigenvalue weighted by Gasteiger charge is 2.10. The molecule has 4 nitrogen and oxygen atoms in total. The molecule has 0 amide bonds. The van der Waals surface area contributed by atoms with Crippen molar-refractivity contribution in [3.05, 3.63) is 34.8 Å². The molecule has 0 aromatic carbocycles. The quantitative estimate of drug-likeness (QED) is 0.902. The predicted octanol–water partition coefficient (Wildman–Crippen LogP) is 1.74. The van der Waals surface area contributed by atoms with Gasteiger partial charge < -0.3 is 9.67 Å². The molecule has 2 heterocycles. The van der Waals surface area contributed by atoms with Crippen LogP contribution in [0.2, 0.25) is 0 Å². The Morgan fingerprint density at radius 2 is 2.20 bits per heavy atom. The van der Waals surface area contributed by atoms with Gasteiger partial charge >= 0.3 is 0 Å². The second-order valence-electron chi connectivity index (χ2n) is 3.17. The average molecular weight is 268 g/mol. The van der Waals surface area contributed by atoms with E-state index in [0.717, 1.165) is 21.6 Å². The van der Waals surface area contributed by atoms with Crippen LogP contribution in [0.4, 0.5) is 0 Å². The molecule has 0 saturated carbocycles. The summed E-state index contributed by atoms with van der Waals surface area (Å²) in [5, 5.41) is 9.21. The summed E-state index contributed by atoms with van der Waals surface area (Å²) in [7, 11) is 1.85. The first-order valence-electron chi connectivity index (χ1n) is 4.45. The molecule has 15 heavy (non-hydrogen) atoms. The highest BCUT2D eigenvalue weighted by Crippen LogP contribution is 2.20. The van der Waals surface area contributed by atoms with Crippen LogP contribution < -0.4 is 0 Å². The van der Waals surface area contributed by atoms with Gasteiger partial charge in [-0.05, 0) is 28.1 Å². The highest BCUT2D eigenvalue weighted by molar-refractivity contribution is 9.10. The summed E-state index contributed by atoms with van der Waals surface area (Å²) < 4.78 is 2.71. The molecule has 0 bridgehead atoms. The van der Waals surface area contributed by atoms with Gasteiger partial charge in [-0.1, -0.05) is 0 Å². The Kier molecular flexibility index (Phi) is 2.83. The zero-order valence-electron chi connectivity index (χ0n) is 8.18. The Morgan fingerprint density at radius 1 is 1.40 bits per heavy atom. The third-order valence-corrected chi connectivity index (χ3v) is 2.65. The van der Waals surface area contributed by atoms with Gasteiger partial charge in [0.15, 0.2) is 0 Å². The van der Waals surface area contributed by atoms with Gasteiger partial charge in [-0.2, -0.15) is 0 Å². The van der Waals surface area contributed by atoms with Gasteiger partial charge in [0.25, 0.3) is 0 Å². The predicted molar refractivity (Wildman–Crippen MR) is 60.1 cm³/mol. The Balaban J connectivity index is 2.49. The summed E-state index contributed by atoms with van der Waals surface area (Å²) in [6.07, 6.45) is 3.38. The van der Waals surface area contributed by atoms with Gasteiger partial charge in [0, 0.05) is 17.7 Å². The lowest BCUT2D eigenvalue weighted by Crippen LogP contribution is -1.96. The molecule has 1 N–H and O–H groups in total. The molecule has 0 fully saturated rings. The van der Waals surface area contributed by atoms with E-state index in [1.165, 1.54) is 0 Å². The van der Waals surface area contributed by atoms with Crippen molar-refractivity contribution in [1.29, 1.82) is 0 Å². The van der Waals surface area contributed by atoms with Gasteiger partial charge in [0.1, 0.15) is 5.69 Å². The van der Waals surface area contributed by atoms with Crippen LogP contribution in [0.5, 0.6) is 0 Å². The van der Waals surface area contributed by atoms with Crippen molar-refractivity contribution in [1.82, 2.24) is 14.5 Å². The number of hydrogen-bond acceptors (Lipinski definition) is 3. The van der Waals surface area contributed by atoms with Crippen molar-refractivity contribution in [3.8, 4) is 11.4 Å². The van der Waals surface area contributed by atoms with Gasteiger partial charge in [0.2, 0.25) is 0 Å². The number of imidazole rings is 1. The first-order chi connectivity index (χ1) is 7.22. The molecule has 2 aromatic heterocycles. The van der Waals surface area contributed by atoms with Gasteiger partial charge in [-0.25, -0.2) is 4.98 Å². The van der Waals surface area contributed by atoms with Crippen LogP contribution in [0.25, 0.3) is 11.4 Å². The second-order valence-corrected chi connectivity index (χ2v) is 4.09. The van der Waals surface area contributed by atoms with Gasteiger partial charge in [0.05, 0.1) is 24.3 Å². The number of halogens is 1. The highest BCUT2D eigenvalue weighted by atomic mass is 79.9. The molecule has 0 atom stereocenters. The first kappa shape index (κ1) is 10.3. The number of aliphatic hydroxyl groups is 1. The number of aliphatic hydroxyl groups excluding tert-OH is 1. The molecule has 0 spiro atoms. The monoisotopic (exact) mass is 267 g/mol. The zero-order valence-corrected chi connectivity index (χ0v) is 9.77. The SMILES string of the molecule is Cn1cnc(-c2ccc(Br)cn2)c1CO. The van der Waals surface area contributed by atoms with Crippen LogP contribution >= 0.6 is 15.9 Å². The van der Waals surface area contributed by atoms with Crippen molar-refractivity contribution in [2.24, 2.45) is 7.05 Å². The summed E-state index contributed by atoms with van der Waals surface area (Å²) in [5.41, 5.74) is 2.26. The third kappa shape index (κ3) is 1.93. The van der Waals surface area contributed by atoms with Crippen LogP contribution in [0.1, 0.15) is 5.69 Å². The van der Waals surface area contributed by atoms with Gasteiger partial charge in [-0.3, -0.25) is 4.98 Å². The lowest BCUT2D eigenvalue weighted by Gasteiger charge is -2.01. The smallest absolute Gasteiger partial charge is 0.112 e.